The Kier molecular flexibility index (Phi) is 8.27. The minimum atomic E-state index is -0.909. The smallest absolute Gasteiger partial charge is 0.328 e. The number of carbonyl (C=O) groups excluding carboxylic acids is 4. The Morgan fingerprint density at radius 3 is 2.08 bits per heavy atom. The van der Waals surface area contributed by atoms with Crippen molar-refractivity contribution in [3.05, 3.63) is 35.9 Å². The van der Waals surface area contributed by atoms with E-state index in [1.165, 1.54) is 27.9 Å². The molecule has 142 valence electrons. The highest BCUT2D eigenvalue weighted by Gasteiger charge is 2.26. The van der Waals surface area contributed by atoms with Crippen LogP contribution in [0.3, 0.4) is 0 Å². The van der Waals surface area contributed by atoms with Crippen LogP contribution >= 0.6 is 0 Å². The molecule has 0 radical (unpaired) electrons. The molecule has 3 amide bonds. The molecule has 8 heteroatoms. The van der Waals surface area contributed by atoms with Gasteiger partial charge < -0.3 is 20.7 Å². The lowest BCUT2D eigenvalue weighted by Crippen LogP contribution is -2.55. The van der Waals surface area contributed by atoms with Gasteiger partial charge in [0.05, 0.1) is 7.11 Å². The van der Waals surface area contributed by atoms with Crippen LogP contribution in [0, 0.1) is 0 Å². The Morgan fingerprint density at radius 1 is 0.923 bits per heavy atom. The van der Waals surface area contributed by atoms with Crippen molar-refractivity contribution in [2.45, 2.75) is 45.3 Å². The first-order valence-corrected chi connectivity index (χ1v) is 8.24. The number of rotatable bonds is 8. The summed E-state index contributed by atoms with van der Waals surface area (Å²) < 4.78 is 4.59. The molecule has 0 bridgehead atoms. The Morgan fingerprint density at radius 2 is 1.54 bits per heavy atom. The lowest BCUT2D eigenvalue weighted by Gasteiger charge is -2.22. The van der Waals surface area contributed by atoms with E-state index in [1.807, 2.05) is 30.3 Å². The molecule has 0 heterocycles. The van der Waals surface area contributed by atoms with Crippen LogP contribution in [0.2, 0.25) is 0 Å². The molecule has 26 heavy (non-hydrogen) atoms. The van der Waals surface area contributed by atoms with Crippen LogP contribution in [0.5, 0.6) is 0 Å². The van der Waals surface area contributed by atoms with Gasteiger partial charge in [0, 0.05) is 13.3 Å². The molecular formula is C18H25N3O5. The molecule has 0 aliphatic carbocycles. The number of hydrogen-bond acceptors (Lipinski definition) is 5. The summed E-state index contributed by atoms with van der Waals surface area (Å²) in [4.78, 5) is 47.4. The van der Waals surface area contributed by atoms with E-state index in [0.717, 1.165) is 5.56 Å². The van der Waals surface area contributed by atoms with Gasteiger partial charge in [-0.15, -0.1) is 0 Å². The second-order valence-electron chi connectivity index (χ2n) is 5.93. The van der Waals surface area contributed by atoms with Crippen molar-refractivity contribution in [1.82, 2.24) is 16.0 Å². The molecule has 1 aromatic carbocycles. The maximum absolute atomic E-state index is 12.5. The van der Waals surface area contributed by atoms with Gasteiger partial charge >= 0.3 is 5.97 Å². The van der Waals surface area contributed by atoms with Crippen LogP contribution in [-0.4, -0.2) is 48.9 Å². The quantitative estimate of drug-likeness (QED) is 0.559. The molecule has 0 saturated heterocycles. The van der Waals surface area contributed by atoms with E-state index in [9.17, 15) is 19.2 Å². The molecule has 0 aromatic heterocycles. The lowest BCUT2D eigenvalue weighted by atomic mass is 10.0. The highest BCUT2D eigenvalue weighted by atomic mass is 16.5. The van der Waals surface area contributed by atoms with Gasteiger partial charge in [-0.25, -0.2) is 4.79 Å². The number of hydrogen-bond donors (Lipinski definition) is 3. The van der Waals surface area contributed by atoms with Crippen molar-refractivity contribution >= 4 is 23.7 Å². The molecule has 0 unspecified atom stereocenters. The molecule has 1 aromatic rings. The van der Waals surface area contributed by atoms with Crippen LogP contribution in [-0.2, 0) is 30.3 Å². The molecular weight excluding hydrogens is 338 g/mol. The van der Waals surface area contributed by atoms with Crippen LogP contribution in [0.4, 0.5) is 0 Å². The predicted molar refractivity (Wildman–Crippen MR) is 95.0 cm³/mol. The van der Waals surface area contributed by atoms with Gasteiger partial charge in [0.2, 0.25) is 17.7 Å². The molecule has 3 N–H and O–H groups in total. The first kappa shape index (κ1) is 21.1. The largest absolute Gasteiger partial charge is 0.467 e. The number of amides is 3. The number of nitrogens with one attached hydrogen (secondary N) is 3. The normalized spacial score (nSPS) is 13.7. The molecule has 0 saturated carbocycles. The molecule has 0 aliphatic heterocycles. The van der Waals surface area contributed by atoms with E-state index < -0.39 is 35.9 Å². The van der Waals surface area contributed by atoms with E-state index >= 15 is 0 Å². The number of methoxy groups -OCH3 is 1. The van der Waals surface area contributed by atoms with Gasteiger partial charge in [0.15, 0.2) is 0 Å². The Bertz CT molecular complexity index is 647. The van der Waals surface area contributed by atoms with Gasteiger partial charge in [-0.05, 0) is 19.4 Å². The Hall–Kier alpha value is -2.90. The van der Waals surface area contributed by atoms with Crippen LogP contribution in [0.15, 0.2) is 30.3 Å². The highest BCUT2D eigenvalue weighted by molar-refractivity contribution is 5.93. The van der Waals surface area contributed by atoms with Gasteiger partial charge in [0.1, 0.15) is 18.1 Å². The SMILES string of the molecule is COC(=O)[C@H](C)NC(=O)[C@H](Cc1ccccc1)NC(=O)[C@H](C)NC(C)=O. The van der Waals surface area contributed by atoms with Gasteiger partial charge in [-0.3, -0.25) is 14.4 Å². The molecule has 0 fully saturated rings. The minimum absolute atomic E-state index is 0.235. The van der Waals surface area contributed by atoms with Crippen LogP contribution in [0.25, 0.3) is 0 Å². The average molecular weight is 363 g/mol. The molecule has 0 spiro atoms. The zero-order chi connectivity index (χ0) is 19.7. The zero-order valence-electron chi connectivity index (χ0n) is 15.4. The summed E-state index contributed by atoms with van der Waals surface area (Å²) >= 11 is 0. The van der Waals surface area contributed by atoms with E-state index in [4.69, 9.17) is 0 Å². The molecule has 3 atom stereocenters. The van der Waals surface area contributed by atoms with Gasteiger partial charge in [0.25, 0.3) is 0 Å². The third-order valence-corrected chi connectivity index (χ3v) is 3.64. The molecule has 8 nitrogen and oxygen atoms in total. The van der Waals surface area contributed by atoms with Crippen molar-refractivity contribution < 1.29 is 23.9 Å². The molecule has 1 rings (SSSR count). The van der Waals surface area contributed by atoms with Crippen molar-refractivity contribution in [2.24, 2.45) is 0 Å². The van der Waals surface area contributed by atoms with E-state index in [1.54, 1.807) is 0 Å². The fourth-order valence-electron chi connectivity index (χ4n) is 2.28. The number of esters is 1. The third-order valence-electron chi connectivity index (χ3n) is 3.64. The van der Waals surface area contributed by atoms with Gasteiger partial charge in [-0.2, -0.15) is 0 Å². The second kappa shape index (κ2) is 10.2. The van der Waals surface area contributed by atoms with E-state index in [-0.39, 0.29) is 12.3 Å². The summed E-state index contributed by atoms with van der Waals surface area (Å²) in [6.45, 7) is 4.31. The summed E-state index contributed by atoms with van der Waals surface area (Å²) in [6, 6.07) is 6.59. The van der Waals surface area contributed by atoms with E-state index in [0.29, 0.717) is 0 Å². The number of ether oxygens (including phenoxy) is 1. The summed E-state index contributed by atoms with van der Waals surface area (Å²) in [5, 5.41) is 7.60. The number of benzene rings is 1. The highest BCUT2D eigenvalue weighted by Crippen LogP contribution is 2.05. The standard InChI is InChI=1S/C18H25N3O5/c1-11(19-13(3)22)16(23)21-15(10-14-8-6-5-7-9-14)17(24)20-12(2)18(25)26-4/h5-9,11-12,15H,10H2,1-4H3,(H,19,22)(H,20,24)(H,21,23)/t11-,12-,15-/m0/s1. The topological polar surface area (TPSA) is 114 Å². The first-order chi connectivity index (χ1) is 12.2. The maximum Gasteiger partial charge on any atom is 0.328 e. The van der Waals surface area contributed by atoms with E-state index in [2.05, 4.69) is 20.7 Å². The monoisotopic (exact) mass is 363 g/mol. The Balaban J connectivity index is 2.87. The van der Waals surface area contributed by atoms with Crippen molar-refractivity contribution in [3.8, 4) is 0 Å². The first-order valence-electron chi connectivity index (χ1n) is 8.24. The van der Waals surface area contributed by atoms with Crippen molar-refractivity contribution in [2.75, 3.05) is 7.11 Å². The summed E-state index contributed by atoms with van der Waals surface area (Å²) in [6.07, 6.45) is 0.235. The summed E-state index contributed by atoms with van der Waals surface area (Å²) in [5.41, 5.74) is 0.839. The van der Waals surface area contributed by atoms with Crippen molar-refractivity contribution in [3.63, 3.8) is 0 Å². The zero-order valence-corrected chi connectivity index (χ0v) is 15.4. The summed E-state index contributed by atoms with van der Waals surface area (Å²) in [5.74, 6) is -1.96. The fourth-order valence-corrected chi connectivity index (χ4v) is 2.28. The summed E-state index contributed by atoms with van der Waals surface area (Å²) in [7, 11) is 1.23. The minimum Gasteiger partial charge on any atom is -0.467 e. The van der Waals surface area contributed by atoms with Crippen molar-refractivity contribution in [1.29, 1.82) is 0 Å². The predicted octanol–water partition coefficient (Wildman–Crippen LogP) is -0.0838. The third kappa shape index (κ3) is 6.92. The van der Waals surface area contributed by atoms with Gasteiger partial charge in [-0.1, -0.05) is 30.3 Å². The fraction of sp³-hybridized carbons (Fsp3) is 0.444. The maximum atomic E-state index is 12.5. The second-order valence-corrected chi connectivity index (χ2v) is 5.93. The van der Waals surface area contributed by atoms with Crippen LogP contribution in [0.1, 0.15) is 26.3 Å². The molecule has 0 aliphatic rings. The Labute approximate surface area is 152 Å². The van der Waals surface area contributed by atoms with Crippen LogP contribution < -0.4 is 16.0 Å². The lowest BCUT2D eigenvalue weighted by molar-refractivity contribution is -0.144. The number of carbonyl (C=O) groups is 4. The average Bonchev–Trinajstić information content (AvgIpc) is 2.60.